The van der Waals surface area contributed by atoms with Crippen LogP contribution in [0.1, 0.15) is 50.0 Å². The van der Waals surface area contributed by atoms with Crippen LogP contribution in [0.5, 0.6) is 11.5 Å². The van der Waals surface area contributed by atoms with Crippen molar-refractivity contribution in [1.82, 2.24) is 5.32 Å². The molecule has 0 bridgehead atoms. The van der Waals surface area contributed by atoms with Crippen LogP contribution >= 0.6 is 11.6 Å². The monoisotopic (exact) mass is 430 g/mol. The van der Waals surface area contributed by atoms with Crippen molar-refractivity contribution in [2.45, 2.75) is 44.4 Å². The number of allylic oxidation sites excluding steroid dienone is 4. The molecule has 3 N–H and O–H groups in total. The van der Waals surface area contributed by atoms with Gasteiger partial charge in [0.15, 0.2) is 29.7 Å². The summed E-state index contributed by atoms with van der Waals surface area (Å²) in [6, 6.07) is 3.40. The van der Waals surface area contributed by atoms with E-state index in [1.165, 1.54) is 7.11 Å². The molecule has 8 heteroatoms. The summed E-state index contributed by atoms with van der Waals surface area (Å²) in [5.74, 6) is -0.531. The van der Waals surface area contributed by atoms with Gasteiger partial charge >= 0.3 is 0 Å². The molecule has 2 aliphatic carbocycles. The molecule has 0 atom stereocenters. The zero-order valence-electron chi connectivity index (χ0n) is 16.7. The molecule has 0 radical (unpaired) electrons. The number of dihydropyridines is 1. The number of hydrogen-bond donors (Lipinski definition) is 2. The first-order valence-electron chi connectivity index (χ1n) is 9.98. The number of hydrogen-bond acceptors (Lipinski definition) is 6. The van der Waals surface area contributed by atoms with Gasteiger partial charge in [-0.05, 0) is 43.4 Å². The summed E-state index contributed by atoms with van der Waals surface area (Å²) in [5.41, 5.74) is 8.92. The maximum atomic E-state index is 12.9. The summed E-state index contributed by atoms with van der Waals surface area (Å²) in [6.45, 7) is -0.343. The molecule has 0 fully saturated rings. The fraction of sp³-hybridized carbons (Fsp3) is 0.409. The summed E-state index contributed by atoms with van der Waals surface area (Å²) >= 11 is 6.46. The highest BCUT2D eigenvalue weighted by molar-refractivity contribution is 6.32. The van der Waals surface area contributed by atoms with Crippen LogP contribution in [0.15, 0.2) is 34.7 Å². The Bertz CT molecular complexity index is 969. The summed E-state index contributed by atoms with van der Waals surface area (Å²) in [6.07, 6.45) is 4.03. The Labute approximate surface area is 179 Å². The molecule has 3 aliphatic rings. The first kappa shape index (κ1) is 20.5. The predicted octanol–water partition coefficient (Wildman–Crippen LogP) is 2.91. The van der Waals surface area contributed by atoms with Crippen LogP contribution in [-0.2, 0) is 14.4 Å². The molecule has 1 aliphatic heterocycles. The van der Waals surface area contributed by atoms with E-state index in [0.29, 0.717) is 35.3 Å². The van der Waals surface area contributed by atoms with Gasteiger partial charge in [0, 0.05) is 41.3 Å². The molecule has 0 unspecified atom stereocenters. The van der Waals surface area contributed by atoms with E-state index in [0.717, 1.165) is 37.1 Å². The average Bonchev–Trinajstić information content (AvgIpc) is 2.71. The zero-order valence-corrected chi connectivity index (χ0v) is 17.4. The van der Waals surface area contributed by atoms with Gasteiger partial charge in [-0.2, -0.15) is 0 Å². The van der Waals surface area contributed by atoms with Crippen LogP contribution in [-0.4, -0.2) is 31.2 Å². The lowest BCUT2D eigenvalue weighted by Crippen LogP contribution is -2.36. The second-order valence-corrected chi connectivity index (χ2v) is 8.09. The molecule has 1 amide bonds. The van der Waals surface area contributed by atoms with Gasteiger partial charge in [-0.3, -0.25) is 14.4 Å². The van der Waals surface area contributed by atoms with Gasteiger partial charge < -0.3 is 20.5 Å². The van der Waals surface area contributed by atoms with Crippen LogP contribution < -0.4 is 20.5 Å². The lowest BCUT2D eigenvalue weighted by molar-refractivity contribution is -0.120. The fourth-order valence-corrected chi connectivity index (χ4v) is 4.78. The Kier molecular flexibility index (Phi) is 5.56. The van der Waals surface area contributed by atoms with Gasteiger partial charge in [0.05, 0.1) is 12.1 Å². The van der Waals surface area contributed by atoms with E-state index < -0.39 is 11.8 Å². The number of methoxy groups -OCH3 is 1. The molecule has 0 aromatic heterocycles. The normalized spacial score (nSPS) is 19.3. The van der Waals surface area contributed by atoms with Gasteiger partial charge in [-0.15, -0.1) is 0 Å². The average molecular weight is 431 g/mol. The maximum Gasteiger partial charge on any atom is 0.255 e. The maximum absolute atomic E-state index is 12.9. The van der Waals surface area contributed by atoms with Crippen LogP contribution in [0.2, 0.25) is 5.02 Å². The molecule has 0 spiro atoms. The second kappa shape index (κ2) is 8.14. The van der Waals surface area contributed by atoms with Crippen molar-refractivity contribution in [2.24, 2.45) is 5.73 Å². The van der Waals surface area contributed by atoms with Crippen molar-refractivity contribution < 1.29 is 23.9 Å². The molecule has 7 nitrogen and oxygen atoms in total. The number of ketones is 2. The number of benzene rings is 1. The molecule has 1 heterocycles. The minimum absolute atomic E-state index is 0.0443. The highest BCUT2D eigenvalue weighted by Gasteiger charge is 2.40. The molecule has 30 heavy (non-hydrogen) atoms. The van der Waals surface area contributed by atoms with Crippen molar-refractivity contribution in [3.05, 3.63) is 45.3 Å². The highest BCUT2D eigenvalue weighted by atomic mass is 35.5. The standard InChI is InChI=1S/C22H23ClN2O5/c1-29-17-9-11(8-12(23)22(17)30-10-18(24)28)19-20-13(4-2-6-15(20)26)25-14-5-3-7-16(27)21(14)19/h8-9,19,25H,2-7,10H2,1H3,(H2,24,28). The molecular weight excluding hydrogens is 408 g/mol. The minimum Gasteiger partial charge on any atom is -0.493 e. The van der Waals surface area contributed by atoms with Gasteiger partial charge in [0.1, 0.15) is 0 Å². The Morgan fingerprint density at radius 1 is 1.10 bits per heavy atom. The molecule has 158 valence electrons. The number of nitrogens with one attached hydrogen (secondary N) is 1. The Morgan fingerprint density at radius 2 is 1.70 bits per heavy atom. The third-order valence-electron chi connectivity index (χ3n) is 5.74. The quantitative estimate of drug-likeness (QED) is 0.743. The molecule has 1 aromatic rings. The summed E-state index contributed by atoms with van der Waals surface area (Å²) in [4.78, 5) is 36.9. The number of amides is 1. The Balaban J connectivity index is 1.86. The van der Waals surface area contributed by atoms with Gasteiger partial charge in [-0.1, -0.05) is 11.6 Å². The molecule has 1 aromatic carbocycles. The van der Waals surface area contributed by atoms with Crippen molar-refractivity contribution in [2.75, 3.05) is 13.7 Å². The Morgan fingerprint density at radius 3 is 2.23 bits per heavy atom. The van der Waals surface area contributed by atoms with Crippen LogP contribution in [0.4, 0.5) is 0 Å². The lowest BCUT2D eigenvalue weighted by Gasteiger charge is -2.37. The van der Waals surface area contributed by atoms with Gasteiger partial charge in [-0.25, -0.2) is 0 Å². The number of halogens is 1. The first-order chi connectivity index (χ1) is 14.4. The topological polar surface area (TPSA) is 108 Å². The summed E-state index contributed by atoms with van der Waals surface area (Å²) < 4.78 is 10.9. The number of primary amides is 1. The van der Waals surface area contributed by atoms with Crippen LogP contribution in [0.3, 0.4) is 0 Å². The van der Waals surface area contributed by atoms with E-state index in [2.05, 4.69) is 5.32 Å². The van der Waals surface area contributed by atoms with E-state index in [9.17, 15) is 14.4 Å². The lowest BCUT2D eigenvalue weighted by atomic mass is 9.71. The molecule has 4 rings (SSSR count). The number of nitrogens with two attached hydrogens (primary N) is 1. The molecule has 0 saturated heterocycles. The van der Waals surface area contributed by atoms with Crippen molar-refractivity contribution >= 4 is 29.1 Å². The van der Waals surface area contributed by atoms with Gasteiger partial charge in [0.25, 0.3) is 5.91 Å². The van der Waals surface area contributed by atoms with Crippen LogP contribution in [0, 0.1) is 0 Å². The summed E-state index contributed by atoms with van der Waals surface area (Å²) in [5, 5.41) is 3.60. The number of rotatable bonds is 5. The highest BCUT2D eigenvalue weighted by Crippen LogP contribution is 2.48. The van der Waals surface area contributed by atoms with Gasteiger partial charge in [0.2, 0.25) is 0 Å². The Hall–Kier alpha value is -2.80. The third-order valence-corrected chi connectivity index (χ3v) is 6.02. The van der Waals surface area contributed by atoms with Crippen LogP contribution in [0.25, 0.3) is 0 Å². The zero-order chi connectivity index (χ0) is 21.4. The predicted molar refractivity (Wildman–Crippen MR) is 110 cm³/mol. The van der Waals surface area contributed by atoms with E-state index >= 15 is 0 Å². The molecular formula is C22H23ClN2O5. The van der Waals surface area contributed by atoms with Crippen molar-refractivity contribution in [1.29, 1.82) is 0 Å². The number of Topliss-reactive ketones (excluding diaryl/α,β-unsaturated/α-hetero) is 2. The van der Waals surface area contributed by atoms with Crippen molar-refractivity contribution in [3.8, 4) is 11.5 Å². The van der Waals surface area contributed by atoms with E-state index in [4.69, 9.17) is 26.8 Å². The number of carbonyl (C=O) groups excluding carboxylic acids is 3. The SMILES string of the molecule is COc1cc(C2C3=C(CCCC3=O)NC3=C2C(=O)CCC3)cc(Cl)c1OCC(N)=O. The smallest absolute Gasteiger partial charge is 0.255 e. The fourth-order valence-electron chi connectivity index (χ4n) is 4.51. The van der Waals surface area contributed by atoms with E-state index in [1.54, 1.807) is 12.1 Å². The number of carbonyl (C=O) groups is 3. The van der Waals surface area contributed by atoms with E-state index in [1.807, 2.05) is 0 Å². The number of ether oxygens (including phenoxy) is 2. The third kappa shape index (κ3) is 3.58. The second-order valence-electron chi connectivity index (χ2n) is 7.69. The molecule has 0 saturated carbocycles. The summed E-state index contributed by atoms with van der Waals surface area (Å²) in [7, 11) is 1.46. The largest absolute Gasteiger partial charge is 0.493 e. The van der Waals surface area contributed by atoms with E-state index in [-0.39, 0.29) is 28.9 Å². The van der Waals surface area contributed by atoms with Crippen molar-refractivity contribution in [3.63, 3.8) is 0 Å². The minimum atomic E-state index is -0.638. The first-order valence-corrected chi connectivity index (χ1v) is 10.4.